The normalized spacial score (nSPS) is 12.1. The van der Waals surface area contributed by atoms with E-state index in [0.717, 1.165) is 21.8 Å². The van der Waals surface area contributed by atoms with Gasteiger partial charge in [0, 0.05) is 43.0 Å². The Bertz CT molecular complexity index is 811. The summed E-state index contributed by atoms with van der Waals surface area (Å²) in [6.07, 6.45) is 8.37. The molecule has 0 aromatic carbocycles. The van der Waals surface area contributed by atoms with Gasteiger partial charge in [0.25, 0.3) is 0 Å². The van der Waals surface area contributed by atoms with Crippen LogP contribution in [0.25, 0.3) is 11.3 Å². The second-order valence-corrected chi connectivity index (χ2v) is 6.51. The number of rotatable bonds is 6. The standard InChI is InChI=1S/C17H19N5OS/c1-12(20-16(23)6-5-13-8-19-22(2)10-13)17-21-15(11-24-17)14-4-3-7-18-9-14/h3-4,7-12H,5-6H2,1-2H3,(H,20,23)/t12-/m0/s1. The lowest BCUT2D eigenvalue weighted by atomic mass is 10.2. The summed E-state index contributed by atoms with van der Waals surface area (Å²) >= 11 is 1.55. The van der Waals surface area contributed by atoms with E-state index in [1.54, 1.807) is 34.6 Å². The summed E-state index contributed by atoms with van der Waals surface area (Å²) in [5, 5.41) is 9.99. The van der Waals surface area contributed by atoms with E-state index < -0.39 is 0 Å². The van der Waals surface area contributed by atoms with Gasteiger partial charge in [-0.1, -0.05) is 0 Å². The highest BCUT2D eigenvalue weighted by Gasteiger charge is 2.14. The van der Waals surface area contributed by atoms with Crippen LogP contribution in [0.4, 0.5) is 0 Å². The molecule has 24 heavy (non-hydrogen) atoms. The number of carbonyl (C=O) groups is 1. The monoisotopic (exact) mass is 341 g/mol. The summed E-state index contributed by atoms with van der Waals surface area (Å²) in [4.78, 5) is 20.8. The maximum absolute atomic E-state index is 12.1. The SMILES string of the molecule is C[C@H](NC(=O)CCc1cnn(C)c1)c1nc(-c2cccnc2)cs1. The molecule has 1 amide bonds. The summed E-state index contributed by atoms with van der Waals surface area (Å²) in [5.41, 5.74) is 2.93. The molecule has 0 aliphatic carbocycles. The van der Waals surface area contributed by atoms with Crippen molar-refractivity contribution in [2.75, 3.05) is 0 Å². The van der Waals surface area contributed by atoms with Gasteiger partial charge in [-0.15, -0.1) is 11.3 Å². The number of hydrogen-bond donors (Lipinski definition) is 1. The molecular formula is C17H19N5OS. The van der Waals surface area contributed by atoms with Crippen LogP contribution < -0.4 is 5.32 Å². The number of carbonyl (C=O) groups excluding carboxylic acids is 1. The summed E-state index contributed by atoms with van der Waals surface area (Å²) in [6.45, 7) is 1.95. The number of pyridine rings is 1. The zero-order valence-electron chi connectivity index (χ0n) is 13.6. The number of hydrogen-bond acceptors (Lipinski definition) is 5. The molecule has 124 valence electrons. The van der Waals surface area contributed by atoms with Crippen molar-refractivity contribution in [1.29, 1.82) is 0 Å². The topological polar surface area (TPSA) is 72.7 Å². The molecule has 0 unspecified atom stereocenters. The average molecular weight is 341 g/mol. The molecule has 6 nitrogen and oxygen atoms in total. The van der Waals surface area contributed by atoms with Gasteiger partial charge in [0.05, 0.1) is 17.9 Å². The average Bonchev–Trinajstić information content (AvgIpc) is 3.23. The Kier molecular flexibility index (Phi) is 5.00. The van der Waals surface area contributed by atoms with Crippen molar-refractivity contribution in [2.45, 2.75) is 25.8 Å². The van der Waals surface area contributed by atoms with Gasteiger partial charge in [-0.25, -0.2) is 4.98 Å². The quantitative estimate of drug-likeness (QED) is 0.748. The third kappa shape index (κ3) is 4.05. The maximum atomic E-state index is 12.1. The number of aromatic nitrogens is 4. The van der Waals surface area contributed by atoms with E-state index in [4.69, 9.17) is 0 Å². The molecule has 0 aliphatic rings. The van der Waals surface area contributed by atoms with E-state index in [0.29, 0.717) is 12.8 Å². The number of thiazole rings is 1. The third-order valence-electron chi connectivity index (χ3n) is 3.63. The van der Waals surface area contributed by atoms with Crippen LogP contribution >= 0.6 is 11.3 Å². The van der Waals surface area contributed by atoms with Crippen molar-refractivity contribution < 1.29 is 4.79 Å². The van der Waals surface area contributed by atoms with Crippen LogP contribution in [-0.4, -0.2) is 25.7 Å². The van der Waals surface area contributed by atoms with E-state index in [1.807, 2.05) is 37.7 Å². The molecule has 1 N–H and O–H groups in total. The first-order valence-corrected chi connectivity index (χ1v) is 8.62. The van der Waals surface area contributed by atoms with Crippen LogP contribution in [0.15, 0.2) is 42.3 Å². The molecule has 0 radical (unpaired) electrons. The fourth-order valence-electron chi connectivity index (χ4n) is 2.37. The highest BCUT2D eigenvalue weighted by Crippen LogP contribution is 2.24. The molecule has 0 saturated carbocycles. The van der Waals surface area contributed by atoms with Crippen LogP contribution in [0.1, 0.15) is 30.0 Å². The Morgan fingerprint density at radius 2 is 2.29 bits per heavy atom. The zero-order valence-corrected chi connectivity index (χ0v) is 14.5. The van der Waals surface area contributed by atoms with Gasteiger partial charge in [0.1, 0.15) is 5.01 Å². The van der Waals surface area contributed by atoms with Gasteiger partial charge < -0.3 is 5.32 Å². The van der Waals surface area contributed by atoms with E-state index >= 15 is 0 Å². The first-order valence-electron chi connectivity index (χ1n) is 7.74. The van der Waals surface area contributed by atoms with Crippen LogP contribution in [0, 0.1) is 0 Å². The van der Waals surface area contributed by atoms with Crippen molar-refractivity contribution in [3.05, 3.63) is 52.9 Å². The summed E-state index contributed by atoms with van der Waals surface area (Å²) < 4.78 is 1.74. The van der Waals surface area contributed by atoms with E-state index in [1.165, 1.54) is 0 Å². The van der Waals surface area contributed by atoms with Crippen LogP contribution in [0.2, 0.25) is 0 Å². The lowest BCUT2D eigenvalue weighted by Gasteiger charge is -2.10. The van der Waals surface area contributed by atoms with Crippen LogP contribution in [-0.2, 0) is 18.3 Å². The minimum atomic E-state index is -0.109. The molecule has 1 atom stereocenters. The fraction of sp³-hybridized carbons (Fsp3) is 0.294. The van der Waals surface area contributed by atoms with Gasteiger partial charge in [0.2, 0.25) is 5.91 Å². The molecule has 3 aromatic heterocycles. The van der Waals surface area contributed by atoms with Crippen molar-refractivity contribution in [1.82, 2.24) is 25.1 Å². The second-order valence-electron chi connectivity index (χ2n) is 5.62. The van der Waals surface area contributed by atoms with Gasteiger partial charge in [0.15, 0.2) is 0 Å². The molecule has 0 aliphatic heterocycles. The second kappa shape index (κ2) is 7.35. The molecule has 7 heteroatoms. The first kappa shape index (κ1) is 16.3. The largest absolute Gasteiger partial charge is 0.347 e. The number of nitrogens with one attached hydrogen (secondary N) is 1. The van der Waals surface area contributed by atoms with Crippen molar-refractivity contribution in [3.63, 3.8) is 0 Å². The molecular weight excluding hydrogens is 322 g/mol. The van der Waals surface area contributed by atoms with Crippen molar-refractivity contribution in [3.8, 4) is 11.3 Å². The Balaban J connectivity index is 1.55. The maximum Gasteiger partial charge on any atom is 0.220 e. The summed E-state index contributed by atoms with van der Waals surface area (Å²) in [5.74, 6) is 0.0180. The Labute approximate surface area is 144 Å². The van der Waals surface area contributed by atoms with E-state index in [-0.39, 0.29) is 11.9 Å². The van der Waals surface area contributed by atoms with Gasteiger partial charge in [-0.2, -0.15) is 5.10 Å². The molecule has 0 fully saturated rings. The minimum absolute atomic E-state index is 0.0180. The smallest absolute Gasteiger partial charge is 0.220 e. The van der Waals surface area contributed by atoms with Crippen molar-refractivity contribution in [2.24, 2.45) is 7.05 Å². The Hall–Kier alpha value is -2.54. The lowest BCUT2D eigenvalue weighted by molar-refractivity contribution is -0.121. The predicted molar refractivity (Wildman–Crippen MR) is 93.4 cm³/mol. The molecule has 0 spiro atoms. The molecule has 0 bridgehead atoms. The summed E-state index contributed by atoms with van der Waals surface area (Å²) in [7, 11) is 1.87. The number of nitrogens with zero attached hydrogens (tertiary/aromatic N) is 4. The zero-order chi connectivity index (χ0) is 16.9. The predicted octanol–water partition coefficient (Wildman–Crippen LogP) is 2.75. The lowest BCUT2D eigenvalue weighted by Crippen LogP contribution is -2.26. The Morgan fingerprint density at radius 1 is 1.42 bits per heavy atom. The molecule has 3 aromatic rings. The van der Waals surface area contributed by atoms with Gasteiger partial charge >= 0.3 is 0 Å². The van der Waals surface area contributed by atoms with Crippen molar-refractivity contribution >= 4 is 17.2 Å². The summed E-state index contributed by atoms with van der Waals surface area (Å²) in [6, 6.07) is 3.75. The molecule has 3 heterocycles. The van der Waals surface area contributed by atoms with E-state index in [2.05, 4.69) is 20.4 Å². The number of aryl methyl sites for hydroxylation is 2. The highest BCUT2D eigenvalue weighted by molar-refractivity contribution is 7.10. The molecule has 0 saturated heterocycles. The van der Waals surface area contributed by atoms with Gasteiger partial charge in [-0.3, -0.25) is 14.5 Å². The third-order valence-corrected chi connectivity index (χ3v) is 4.65. The number of amides is 1. The minimum Gasteiger partial charge on any atom is -0.347 e. The first-order chi connectivity index (χ1) is 11.6. The fourth-order valence-corrected chi connectivity index (χ4v) is 3.20. The highest BCUT2D eigenvalue weighted by atomic mass is 32.1. The van der Waals surface area contributed by atoms with E-state index in [9.17, 15) is 4.79 Å². The van der Waals surface area contributed by atoms with Gasteiger partial charge in [-0.05, 0) is 31.0 Å². The Morgan fingerprint density at radius 3 is 3.00 bits per heavy atom. The van der Waals surface area contributed by atoms with Crippen LogP contribution in [0.5, 0.6) is 0 Å². The van der Waals surface area contributed by atoms with Crippen LogP contribution in [0.3, 0.4) is 0 Å². The molecule has 3 rings (SSSR count).